The summed E-state index contributed by atoms with van der Waals surface area (Å²) in [6.45, 7) is 1.69. The second-order valence-corrected chi connectivity index (χ2v) is 5.65. The molecule has 0 aliphatic heterocycles. The fourth-order valence-electron chi connectivity index (χ4n) is 2.43. The van der Waals surface area contributed by atoms with Crippen molar-refractivity contribution in [2.24, 2.45) is 11.7 Å². The summed E-state index contributed by atoms with van der Waals surface area (Å²) < 4.78 is 0. The number of carbonyl (C=O) groups excluding carboxylic acids is 2. The number of benzene rings is 2. The normalized spacial score (nSPS) is 13.0. The van der Waals surface area contributed by atoms with Gasteiger partial charge in [-0.05, 0) is 29.7 Å². The minimum atomic E-state index is -0.822. The minimum absolute atomic E-state index is 0.162. The maximum atomic E-state index is 12.1. The lowest BCUT2D eigenvalue weighted by atomic mass is 10.0. The Hall–Kier alpha value is -2.87. The van der Waals surface area contributed by atoms with E-state index >= 15 is 0 Å². The molecule has 0 saturated carbocycles. The van der Waals surface area contributed by atoms with Gasteiger partial charge in [-0.15, -0.1) is 0 Å². The van der Waals surface area contributed by atoms with E-state index in [9.17, 15) is 9.59 Å². The van der Waals surface area contributed by atoms with Crippen LogP contribution in [-0.4, -0.2) is 17.9 Å². The first-order valence-corrected chi connectivity index (χ1v) is 7.45. The molecular weight excluding hydrogens is 290 g/mol. The van der Waals surface area contributed by atoms with E-state index < -0.39 is 11.9 Å². The molecule has 0 heterocycles. The molecule has 0 radical (unpaired) electrons. The lowest BCUT2D eigenvalue weighted by Crippen LogP contribution is -2.45. The van der Waals surface area contributed by atoms with Crippen molar-refractivity contribution >= 4 is 22.6 Å². The Labute approximate surface area is 135 Å². The Kier molecular flexibility index (Phi) is 5.32. The Bertz CT molecular complexity index is 764. The number of nitriles is 1. The van der Waals surface area contributed by atoms with Gasteiger partial charge in [0, 0.05) is 5.92 Å². The van der Waals surface area contributed by atoms with E-state index in [1.54, 1.807) is 6.92 Å². The molecule has 5 nitrogen and oxygen atoms in total. The van der Waals surface area contributed by atoms with Crippen molar-refractivity contribution in [3.63, 3.8) is 0 Å². The molecule has 2 rings (SSSR count). The number of amides is 2. The predicted molar refractivity (Wildman–Crippen MR) is 88.2 cm³/mol. The fourth-order valence-corrected chi connectivity index (χ4v) is 2.43. The van der Waals surface area contributed by atoms with Crippen molar-refractivity contribution in [1.82, 2.24) is 5.32 Å². The van der Waals surface area contributed by atoms with Gasteiger partial charge in [0.2, 0.25) is 11.8 Å². The largest absolute Gasteiger partial charge is 0.368 e. The molecule has 118 valence electrons. The first-order chi connectivity index (χ1) is 11.0. The first-order valence-electron chi connectivity index (χ1n) is 7.45. The van der Waals surface area contributed by atoms with Crippen LogP contribution >= 0.6 is 0 Å². The summed E-state index contributed by atoms with van der Waals surface area (Å²) in [5.41, 5.74) is 6.15. The van der Waals surface area contributed by atoms with Crippen LogP contribution in [0.4, 0.5) is 0 Å². The van der Waals surface area contributed by atoms with Gasteiger partial charge in [0.05, 0.1) is 12.5 Å². The molecule has 2 aromatic rings. The molecule has 5 heteroatoms. The van der Waals surface area contributed by atoms with Gasteiger partial charge in [-0.25, -0.2) is 0 Å². The molecule has 2 atom stereocenters. The molecular formula is C18H19N3O2. The van der Waals surface area contributed by atoms with E-state index in [0.717, 1.165) is 16.3 Å². The Balaban J connectivity index is 2.04. The molecule has 0 aliphatic rings. The van der Waals surface area contributed by atoms with Gasteiger partial charge in [0.15, 0.2) is 0 Å². The Morgan fingerprint density at radius 1 is 1.22 bits per heavy atom. The van der Waals surface area contributed by atoms with Crippen LogP contribution in [0.25, 0.3) is 10.8 Å². The van der Waals surface area contributed by atoms with Crippen LogP contribution < -0.4 is 11.1 Å². The number of nitrogens with one attached hydrogen (secondary N) is 1. The van der Waals surface area contributed by atoms with Gasteiger partial charge in [-0.2, -0.15) is 5.26 Å². The van der Waals surface area contributed by atoms with Gasteiger partial charge < -0.3 is 11.1 Å². The van der Waals surface area contributed by atoms with Gasteiger partial charge >= 0.3 is 0 Å². The molecule has 2 aromatic carbocycles. The summed E-state index contributed by atoms with van der Waals surface area (Å²) in [6, 6.07) is 14.9. The van der Waals surface area contributed by atoms with E-state index in [2.05, 4.69) is 5.32 Å². The van der Waals surface area contributed by atoms with Crippen molar-refractivity contribution in [2.75, 3.05) is 0 Å². The third-order valence-electron chi connectivity index (χ3n) is 3.67. The highest BCUT2D eigenvalue weighted by Crippen LogP contribution is 2.16. The molecule has 0 aromatic heterocycles. The van der Waals surface area contributed by atoms with Crippen LogP contribution in [0, 0.1) is 17.2 Å². The Morgan fingerprint density at radius 2 is 1.91 bits per heavy atom. The van der Waals surface area contributed by atoms with Crippen LogP contribution in [0.3, 0.4) is 0 Å². The third kappa shape index (κ3) is 4.55. The molecule has 0 fully saturated rings. The van der Waals surface area contributed by atoms with Gasteiger partial charge in [0.1, 0.15) is 6.04 Å². The molecule has 0 spiro atoms. The number of nitrogens with zero attached hydrogens (tertiary/aromatic N) is 1. The predicted octanol–water partition coefficient (Wildman–Crippen LogP) is 1.90. The number of primary amides is 1. The van der Waals surface area contributed by atoms with Gasteiger partial charge in [-0.3, -0.25) is 9.59 Å². The second kappa shape index (κ2) is 7.41. The second-order valence-electron chi connectivity index (χ2n) is 5.65. The smallest absolute Gasteiger partial charge is 0.240 e. The van der Waals surface area contributed by atoms with Gasteiger partial charge in [-0.1, -0.05) is 42.5 Å². The summed E-state index contributed by atoms with van der Waals surface area (Å²) in [7, 11) is 0. The average molecular weight is 309 g/mol. The Morgan fingerprint density at radius 3 is 2.57 bits per heavy atom. The standard InChI is InChI=1S/C18H19N3O2/c1-12(11-19)8-16(18(20)23)21-17(22)10-13-6-7-14-4-2-3-5-15(14)9-13/h2-7,9,12,16H,8,10H2,1H3,(H2,20,23)(H,21,22)/t12-,16+/m1/s1. The van der Waals surface area contributed by atoms with E-state index in [1.807, 2.05) is 48.5 Å². The minimum Gasteiger partial charge on any atom is -0.368 e. The van der Waals surface area contributed by atoms with Crippen molar-refractivity contribution < 1.29 is 9.59 Å². The highest BCUT2D eigenvalue weighted by Gasteiger charge is 2.20. The summed E-state index contributed by atoms with van der Waals surface area (Å²) in [5, 5.41) is 13.6. The number of fused-ring (bicyclic) bond motifs is 1. The summed E-state index contributed by atoms with van der Waals surface area (Å²) in [5.74, 6) is -1.26. The van der Waals surface area contributed by atoms with E-state index in [-0.39, 0.29) is 24.7 Å². The van der Waals surface area contributed by atoms with E-state index in [0.29, 0.717) is 0 Å². The highest BCUT2D eigenvalue weighted by atomic mass is 16.2. The molecule has 2 amide bonds. The average Bonchev–Trinajstić information content (AvgIpc) is 2.53. The quantitative estimate of drug-likeness (QED) is 0.853. The molecule has 0 saturated heterocycles. The molecule has 3 N–H and O–H groups in total. The SMILES string of the molecule is C[C@@H](C#N)C[C@H](NC(=O)Cc1ccc2ccccc2c1)C(N)=O. The van der Waals surface area contributed by atoms with Crippen LogP contribution in [0.2, 0.25) is 0 Å². The summed E-state index contributed by atoms with van der Waals surface area (Å²) >= 11 is 0. The number of carbonyl (C=O) groups is 2. The van der Waals surface area contributed by atoms with Crippen molar-refractivity contribution in [3.05, 3.63) is 48.0 Å². The number of rotatable bonds is 6. The molecule has 0 aliphatic carbocycles. The zero-order valence-electron chi connectivity index (χ0n) is 13.0. The zero-order chi connectivity index (χ0) is 16.8. The summed E-state index contributed by atoms with van der Waals surface area (Å²) in [6.07, 6.45) is 0.380. The maximum absolute atomic E-state index is 12.1. The molecule has 0 bridgehead atoms. The zero-order valence-corrected chi connectivity index (χ0v) is 13.0. The highest BCUT2D eigenvalue weighted by molar-refractivity contribution is 5.89. The lowest BCUT2D eigenvalue weighted by Gasteiger charge is -2.16. The monoisotopic (exact) mass is 309 g/mol. The number of nitrogens with two attached hydrogens (primary N) is 1. The topological polar surface area (TPSA) is 96.0 Å². The number of hydrogen-bond acceptors (Lipinski definition) is 3. The number of hydrogen-bond donors (Lipinski definition) is 2. The van der Waals surface area contributed by atoms with Crippen LogP contribution in [-0.2, 0) is 16.0 Å². The lowest BCUT2D eigenvalue weighted by molar-refractivity contribution is -0.127. The molecule has 0 unspecified atom stereocenters. The van der Waals surface area contributed by atoms with Crippen molar-refractivity contribution in [3.8, 4) is 6.07 Å². The van der Waals surface area contributed by atoms with Crippen LogP contribution in [0.15, 0.2) is 42.5 Å². The first kappa shape index (κ1) is 16.5. The molecule has 23 heavy (non-hydrogen) atoms. The van der Waals surface area contributed by atoms with Crippen molar-refractivity contribution in [1.29, 1.82) is 5.26 Å². The van der Waals surface area contributed by atoms with Crippen LogP contribution in [0.1, 0.15) is 18.9 Å². The van der Waals surface area contributed by atoms with E-state index in [1.165, 1.54) is 0 Å². The van der Waals surface area contributed by atoms with Gasteiger partial charge in [0.25, 0.3) is 0 Å². The maximum Gasteiger partial charge on any atom is 0.240 e. The van der Waals surface area contributed by atoms with Crippen molar-refractivity contribution in [2.45, 2.75) is 25.8 Å². The third-order valence-corrected chi connectivity index (χ3v) is 3.67. The fraction of sp³-hybridized carbons (Fsp3) is 0.278. The van der Waals surface area contributed by atoms with E-state index in [4.69, 9.17) is 11.0 Å². The summed E-state index contributed by atoms with van der Waals surface area (Å²) in [4.78, 5) is 23.5. The van der Waals surface area contributed by atoms with Crippen LogP contribution in [0.5, 0.6) is 0 Å².